The lowest BCUT2D eigenvalue weighted by Gasteiger charge is -2.09. The number of para-hydroxylation sites is 1. The molecule has 8 heteroatoms. The summed E-state index contributed by atoms with van der Waals surface area (Å²) in [5.41, 5.74) is 0.929. The lowest BCUT2D eigenvalue weighted by molar-refractivity contribution is 0.100. The summed E-state index contributed by atoms with van der Waals surface area (Å²) in [6.45, 7) is 6.19. The number of hydrogen-bond acceptors (Lipinski definition) is 5. The Balaban J connectivity index is 1.84. The van der Waals surface area contributed by atoms with E-state index in [0.29, 0.717) is 41.1 Å². The minimum absolute atomic E-state index is 0.337. The molecule has 0 radical (unpaired) electrons. The van der Waals surface area contributed by atoms with Crippen LogP contribution in [0.2, 0.25) is 5.02 Å². The number of amides is 1. The van der Waals surface area contributed by atoms with Crippen molar-refractivity contribution in [2.75, 3.05) is 19.8 Å². The van der Waals surface area contributed by atoms with Gasteiger partial charge in [-0.25, -0.2) is 0 Å². The minimum atomic E-state index is -0.337. The number of thiophene rings is 1. The van der Waals surface area contributed by atoms with Crippen molar-refractivity contribution in [2.24, 2.45) is 4.99 Å². The van der Waals surface area contributed by atoms with Crippen LogP contribution in [0.3, 0.4) is 0 Å². The van der Waals surface area contributed by atoms with E-state index >= 15 is 0 Å². The standard InChI is InChI=1S/C22H21ClN2O3S2/c1-3-27-13-12-25-19-15(28-4-2)9-7-11-17(19)30-22(25)24-21(26)20-18(23)14-8-5-6-10-16(14)29-20/h5-11H,3-4,12-13H2,1-2H3. The SMILES string of the molecule is CCOCCn1c(=NC(=O)c2sc3ccccc3c2Cl)sc2cccc(OCC)c21. The van der Waals surface area contributed by atoms with E-state index in [-0.39, 0.29) is 5.91 Å². The van der Waals surface area contributed by atoms with Crippen molar-refractivity contribution in [2.45, 2.75) is 20.4 Å². The van der Waals surface area contributed by atoms with Gasteiger partial charge in [0, 0.05) is 23.2 Å². The summed E-state index contributed by atoms with van der Waals surface area (Å²) in [6.07, 6.45) is 0. The minimum Gasteiger partial charge on any atom is -0.492 e. The van der Waals surface area contributed by atoms with Crippen molar-refractivity contribution in [3.8, 4) is 5.75 Å². The number of halogens is 1. The van der Waals surface area contributed by atoms with Gasteiger partial charge in [-0.2, -0.15) is 4.99 Å². The molecule has 4 rings (SSSR count). The topological polar surface area (TPSA) is 52.8 Å². The van der Waals surface area contributed by atoms with Crippen LogP contribution >= 0.6 is 34.3 Å². The van der Waals surface area contributed by atoms with Gasteiger partial charge in [0.1, 0.15) is 16.1 Å². The Morgan fingerprint density at radius 2 is 1.87 bits per heavy atom. The lowest BCUT2D eigenvalue weighted by Crippen LogP contribution is -2.20. The molecule has 30 heavy (non-hydrogen) atoms. The maximum Gasteiger partial charge on any atom is 0.291 e. The summed E-state index contributed by atoms with van der Waals surface area (Å²) in [4.78, 5) is 18.6. The normalized spacial score (nSPS) is 12.2. The second kappa shape index (κ2) is 9.31. The number of thiazole rings is 1. The molecule has 0 fully saturated rings. The number of aromatic nitrogens is 1. The monoisotopic (exact) mass is 460 g/mol. The first-order valence-electron chi connectivity index (χ1n) is 9.73. The molecule has 1 amide bonds. The van der Waals surface area contributed by atoms with Gasteiger partial charge in [-0.15, -0.1) is 11.3 Å². The third-order valence-electron chi connectivity index (χ3n) is 4.55. The van der Waals surface area contributed by atoms with Gasteiger partial charge in [0.2, 0.25) is 0 Å². The van der Waals surface area contributed by atoms with Crippen LogP contribution in [0.15, 0.2) is 47.5 Å². The molecule has 156 valence electrons. The Kier molecular flexibility index (Phi) is 6.53. The maximum absolute atomic E-state index is 13.1. The summed E-state index contributed by atoms with van der Waals surface area (Å²) < 4.78 is 15.4. The number of nitrogens with zero attached hydrogens (tertiary/aromatic N) is 2. The van der Waals surface area contributed by atoms with Crippen molar-refractivity contribution in [3.63, 3.8) is 0 Å². The van der Waals surface area contributed by atoms with E-state index in [4.69, 9.17) is 21.1 Å². The molecule has 0 aliphatic carbocycles. The summed E-state index contributed by atoms with van der Waals surface area (Å²) >= 11 is 9.32. The van der Waals surface area contributed by atoms with E-state index in [1.165, 1.54) is 22.7 Å². The van der Waals surface area contributed by atoms with Crippen molar-refractivity contribution in [1.29, 1.82) is 0 Å². The van der Waals surface area contributed by atoms with Gasteiger partial charge in [-0.1, -0.05) is 47.2 Å². The summed E-state index contributed by atoms with van der Waals surface area (Å²) in [7, 11) is 0. The highest BCUT2D eigenvalue weighted by Crippen LogP contribution is 2.35. The quantitative estimate of drug-likeness (QED) is 0.330. The predicted molar refractivity (Wildman–Crippen MR) is 124 cm³/mol. The number of hydrogen-bond donors (Lipinski definition) is 0. The molecule has 0 bridgehead atoms. The second-order valence-corrected chi connectivity index (χ2v) is 8.87. The van der Waals surface area contributed by atoms with Crippen LogP contribution in [0.5, 0.6) is 5.75 Å². The molecule has 0 N–H and O–H groups in total. The molecule has 0 saturated carbocycles. The largest absolute Gasteiger partial charge is 0.492 e. The molecule has 2 heterocycles. The number of carbonyl (C=O) groups is 1. The smallest absolute Gasteiger partial charge is 0.291 e. The third-order valence-corrected chi connectivity index (χ3v) is 7.26. The van der Waals surface area contributed by atoms with Crippen LogP contribution in [0, 0.1) is 0 Å². The van der Waals surface area contributed by atoms with E-state index in [1.54, 1.807) is 0 Å². The van der Waals surface area contributed by atoms with Crippen molar-refractivity contribution in [3.05, 3.63) is 57.2 Å². The Hall–Kier alpha value is -2.19. The van der Waals surface area contributed by atoms with E-state index in [2.05, 4.69) is 4.99 Å². The Labute approximate surface area is 187 Å². The summed E-state index contributed by atoms with van der Waals surface area (Å²) in [5, 5.41) is 1.34. The molecule has 0 atom stereocenters. The Bertz CT molecular complexity index is 1270. The molecule has 2 aromatic heterocycles. The average molecular weight is 461 g/mol. The molecule has 4 aromatic rings. The fourth-order valence-electron chi connectivity index (χ4n) is 3.25. The average Bonchev–Trinajstić information content (AvgIpc) is 3.27. The predicted octanol–water partition coefficient (Wildman–Crippen LogP) is 5.75. The first kappa shape index (κ1) is 21.1. The summed E-state index contributed by atoms with van der Waals surface area (Å²) in [6, 6.07) is 13.6. The van der Waals surface area contributed by atoms with Crippen LogP contribution in [-0.2, 0) is 11.3 Å². The van der Waals surface area contributed by atoms with Crippen LogP contribution < -0.4 is 9.54 Å². The van der Waals surface area contributed by atoms with Gasteiger partial charge in [0.15, 0.2) is 4.80 Å². The highest BCUT2D eigenvalue weighted by molar-refractivity contribution is 7.21. The van der Waals surface area contributed by atoms with Crippen molar-refractivity contribution >= 4 is 60.5 Å². The Morgan fingerprint density at radius 1 is 1.07 bits per heavy atom. The number of benzene rings is 2. The molecular formula is C22H21ClN2O3S2. The van der Waals surface area contributed by atoms with Crippen LogP contribution in [0.4, 0.5) is 0 Å². The van der Waals surface area contributed by atoms with Gasteiger partial charge >= 0.3 is 0 Å². The molecule has 0 saturated heterocycles. The highest BCUT2D eigenvalue weighted by Gasteiger charge is 2.18. The fraction of sp³-hybridized carbons (Fsp3) is 0.273. The first-order valence-corrected chi connectivity index (χ1v) is 11.7. The number of ether oxygens (including phenoxy) is 2. The second-order valence-electron chi connectivity index (χ2n) is 6.43. The summed E-state index contributed by atoms with van der Waals surface area (Å²) in [5.74, 6) is 0.437. The number of fused-ring (bicyclic) bond motifs is 2. The molecule has 0 aliphatic rings. The van der Waals surface area contributed by atoms with Crippen molar-refractivity contribution in [1.82, 2.24) is 4.57 Å². The fourth-order valence-corrected chi connectivity index (χ4v) is 5.72. The zero-order chi connectivity index (χ0) is 21.1. The molecule has 0 unspecified atom stereocenters. The number of carbonyl (C=O) groups excluding carboxylic acids is 1. The van der Waals surface area contributed by atoms with Crippen LogP contribution in [0.1, 0.15) is 23.5 Å². The number of rotatable bonds is 7. The van der Waals surface area contributed by atoms with Gasteiger partial charge in [0.25, 0.3) is 5.91 Å². The van der Waals surface area contributed by atoms with E-state index < -0.39 is 0 Å². The first-order chi connectivity index (χ1) is 14.6. The molecule has 5 nitrogen and oxygen atoms in total. The zero-order valence-corrected chi connectivity index (χ0v) is 19.1. The van der Waals surface area contributed by atoms with E-state index in [1.807, 2.05) is 60.9 Å². The molecule has 0 spiro atoms. The van der Waals surface area contributed by atoms with Gasteiger partial charge in [-0.3, -0.25) is 4.79 Å². The van der Waals surface area contributed by atoms with Gasteiger partial charge in [0.05, 0.1) is 22.9 Å². The zero-order valence-electron chi connectivity index (χ0n) is 16.7. The maximum atomic E-state index is 13.1. The molecule has 0 aliphatic heterocycles. The Morgan fingerprint density at radius 3 is 2.63 bits per heavy atom. The van der Waals surface area contributed by atoms with Crippen LogP contribution in [-0.4, -0.2) is 30.3 Å². The molecule has 2 aromatic carbocycles. The van der Waals surface area contributed by atoms with Crippen molar-refractivity contribution < 1.29 is 14.3 Å². The molecular weight excluding hydrogens is 440 g/mol. The van der Waals surface area contributed by atoms with Gasteiger partial charge in [-0.05, 0) is 32.0 Å². The third kappa shape index (κ3) is 4.03. The van der Waals surface area contributed by atoms with E-state index in [9.17, 15) is 4.79 Å². The highest BCUT2D eigenvalue weighted by atomic mass is 35.5. The lowest BCUT2D eigenvalue weighted by atomic mass is 10.2. The van der Waals surface area contributed by atoms with Gasteiger partial charge < -0.3 is 14.0 Å². The van der Waals surface area contributed by atoms with Crippen LogP contribution in [0.25, 0.3) is 20.3 Å². The van der Waals surface area contributed by atoms with E-state index in [0.717, 1.165) is 26.1 Å².